The van der Waals surface area contributed by atoms with Crippen LogP contribution in [0.4, 0.5) is 28.9 Å². The Morgan fingerprint density at radius 3 is 2.52 bits per heavy atom. The highest BCUT2D eigenvalue weighted by atomic mass is 35.5. The summed E-state index contributed by atoms with van der Waals surface area (Å²) in [7, 11) is 0. The van der Waals surface area contributed by atoms with E-state index in [9.17, 15) is 17.6 Å². The van der Waals surface area contributed by atoms with E-state index in [1.165, 1.54) is 12.3 Å². The molecule has 21 heavy (non-hydrogen) atoms. The first-order valence-electron chi connectivity index (χ1n) is 5.79. The van der Waals surface area contributed by atoms with Crippen LogP contribution in [0.5, 0.6) is 0 Å². The van der Waals surface area contributed by atoms with Crippen molar-refractivity contribution in [3.63, 3.8) is 0 Å². The molecule has 2 rings (SSSR count). The first-order chi connectivity index (χ1) is 9.81. The quantitative estimate of drug-likeness (QED) is 0.838. The van der Waals surface area contributed by atoms with Gasteiger partial charge in [-0.25, -0.2) is 4.39 Å². The molecule has 0 saturated carbocycles. The average molecular weight is 320 g/mol. The van der Waals surface area contributed by atoms with Crippen molar-refractivity contribution in [1.82, 2.24) is 4.98 Å². The zero-order valence-corrected chi connectivity index (χ0v) is 11.3. The highest BCUT2D eigenvalue weighted by molar-refractivity contribution is 6.31. The minimum absolute atomic E-state index is 0.115. The molecule has 0 atom stereocenters. The van der Waals surface area contributed by atoms with Gasteiger partial charge in [-0.1, -0.05) is 11.6 Å². The fourth-order valence-corrected chi connectivity index (χ4v) is 1.94. The first kappa shape index (κ1) is 15.5. The summed E-state index contributed by atoms with van der Waals surface area (Å²) in [6.07, 6.45) is -3.38. The van der Waals surface area contributed by atoms with Gasteiger partial charge < -0.3 is 11.1 Å². The zero-order chi connectivity index (χ0) is 15.6. The molecule has 1 aromatic heterocycles. The third kappa shape index (κ3) is 3.62. The Morgan fingerprint density at radius 1 is 1.24 bits per heavy atom. The van der Waals surface area contributed by atoms with Crippen molar-refractivity contribution < 1.29 is 17.6 Å². The lowest BCUT2D eigenvalue weighted by molar-refractivity contribution is -0.137. The molecule has 3 nitrogen and oxygen atoms in total. The Labute approximate surface area is 122 Å². The van der Waals surface area contributed by atoms with E-state index in [0.717, 1.165) is 12.1 Å². The largest absolute Gasteiger partial charge is 0.418 e. The summed E-state index contributed by atoms with van der Waals surface area (Å²) in [6.45, 7) is 0.115. The van der Waals surface area contributed by atoms with Gasteiger partial charge in [-0.3, -0.25) is 4.98 Å². The van der Waals surface area contributed by atoms with Gasteiger partial charge in [-0.05, 0) is 24.3 Å². The molecule has 0 bridgehead atoms. The lowest BCUT2D eigenvalue weighted by atomic mass is 10.1. The lowest BCUT2D eigenvalue weighted by Crippen LogP contribution is -2.09. The van der Waals surface area contributed by atoms with Gasteiger partial charge in [-0.15, -0.1) is 0 Å². The molecule has 1 aromatic carbocycles. The predicted molar refractivity (Wildman–Crippen MR) is 71.8 cm³/mol. The van der Waals surface area contributed by atoms with Crippen molar-refractivity contribution in [3.8, 4) is 0 Å². The number of hydrogen-bond acceptors (Lipinski definition) is 3. The van der Waals surface area contributed by atoms with Crippen LogP contribution < -0.4 is 11.1 Å². The summed E-state index contributed by atoms with van der Waals surface area (Å²) in [6, 6.07) is 3.76. The number of nitrogens with two attached hydrogens (primary N) is 1. The normalized spacial score (nSPS) is 11.5. The molecule has 112 valence electrons. The Balaban J connectivity index is 2.38. The number of aromatic nitrogens is 1. The smallest absolute Gasteiger partial charge is 0.354 e. The Kier molecular flexibility index (Phi) is 4.34. The summed E-state index contributed by atoms with van der Waals surface area (Å²) >= 11 is 5.89. The van der Waals surface area contributed by atoms with Crippen LogP contribution in [0.2, 0.25) is 5.02 Å². The molecule has 0 aliphatic carbocycles. The van der Waals surface area contributed by atoms with Crippen LogP contribution in [0, 0.1) is 5.82 Å². The summed E-state index contributed by atoms with van der Waals surface area (Å²) in [4.78, 5) is 3.93. The Morgan fingerprint density at radius 2 is 1.95 bits per heavy atom. The number of alkyl halides is 3. The topological polar surface area (TPSA) is 50.9 Å². The number of nitrogens with one attached hydrogen (secondary N) is 1. The van der Waals surface area contributed by atoms with Crippen LogP contribution in [0.1, 0.15) is 11.3 Å². The molecule has 3 N–H and O–H groups in total. The Hall–Kier alpha value is -1.86. The van der Waals surface area contributed by atoms with Crippen LogP contribution in [-0.4, -0.2) is 4.98 Å². The maximum Gasteiger partial charge on any atom is 0.418 e. The standard InChI is InChI=1S/C13H10ClF4N3/c14-10-4-8(6-20-12(10)5-19)21-11-2-1-7(15)3-9(11)13(16,17)18/h1-4,6,21H,5,19H2. The highest BCUT2D eigenvalue weighted by Gasteiger charge is 2.34. The molecular weight excluding hydrogens is 310 g/mol. The van der Waals surface area contributed by atoms with E-state index in [0.29, 0.717) is 11.8 Å². The van der Waals surface area contributed by atoms with E-state index < -0.39 is 17.6 Å². The van der Waals surface area contributed by atoms with Gasteiger partial charge in [0.1, 0.15) is 5.82 Å². The zero-order valence-electron chi connectivity index (χ0n) is 10.5. The SMILES string of the molecule is NCc1ncc(Nc2ccc(F)cc2C(F)(F)F)cc1Cl. The van der Waals surface area contributed by atoms with Crippen LogP contribution in [0.25, 0.3) is 0 Å². The predicted octanol–water partition coefficient (Wildman–Crippen LogP) is 4.10. The van der Waals surface area contributed by atoms with Crippen LogP contribution in [0.15, 0.2) is 30.5 Å². The summed E-state index contributed by atoms with van der Waals surface area (Å²) < 4.78 is 51.6. The van der Waals surface area contributed by atoms with Crippen molar-refractivity contribution >= 4 is 23.0 Å². The maximum atomic E-state index is 13.0. The third-order valence-corrected chi connectivity index (χ3v) is 3.00. The highest BCUT2D eigenvalue weighted by Crippen LogP contribution is 2.36. The second kappa shape index (κ2) is 5.87. The number of pyridine rings is 1. The summed E-state index contributed by atoms with van der Waals surface area (Å²) in [5, 5.41) is 2.76. The van der Waals surface area contributed by atoms with Gasteiger partial charge in [0.25, 0.3) is 0 Å². The molecule has 0 fully saturated rings. The van der Waals surface area contributed by atoms with Gasteiger partial charge >= 0.3 is 6.18 Å². The van der Waals surface area contributed by atoms with E-state index in [4.69, 9.17) is 17.3 Å². The fraction of sp³-hybridized carbons (Fsp3) is 0.154. The summed E-state index contributed by atoms with van der Waals surface area (Å²) in [5.41, 5.74) is 4.67. The second-order valence-corrected chi connectivity index (χ2v) is 4.58. The second-order valence-electron chi connectivity index (χ2n) is 4.17. The molecule has 2 aromatic rings. The third-order valence-electron chi connectivity index (χ3n) is 2.68. The number of rotatable bonds is 3. The van der Waals surface area contributed by atoms with Gasteiger partial charge in [-0.2, -0.15) is 13.2 Å². The van der Waals surface area contributed by atoms with Gasteiger partial charge in [0.15, 0.2) is 0 Å². The van der Waals surface area contributed by atoms with E-state index in [1.807, 2.05) is 0 Å². The van der Waals surface area contributed by atoms with Crippen molar-refractivity contribution in [3.05, 3.63) is 52.6 Å². The van der Waals surface area contributed by atoms with Crippen molar-refractivity contribution in [2.24, 2.45) is 5.73 Å². The van der Waals surface area contributed by atoms with Gasteiger partial charge in [0, 0.05) is 6.54 Å². The number of halogens is 5. The fourth-order valence-electron chi connectivity index (χ4n) is 1.70. The first-order valence-corrected chi connectivity index (χ1v) is 6.17. The summed E-state index contributed by atoms with van der Waals surface area (Å²) in [5.74, 6) is -0.970. The van der Waals surface area contributed by atoms with Gasteiger partial charge in [0.05, 0.1) is 33.9 Å². The van der Waals surface area contributed by atoms with E-state index in [-0.39, 0.29) is 22.9 Å². The lowest BCUT2D eigenvalue weighted by Gasteiger charge is -2.15. The van der Waals surface area contributed by atoms with Crippen LogP contribution in [0.3, 0.4) is 0 Å². The minimum Gasteiger partial charge on any atom is -0.354 e. The van der Waals surface area contributed by atoms with E-state index >= 15 is 0 Å². The number of anilines is 2. The maximum absolute atomic E-state index is 13.0. The van der Waals surface area contributed by atoms with Crippen LogP contribution >= 0.6 is 11.6 Å². The van der Waals surface area contributed by atoms with Crippen molar-refractivity contribution in [2.75, 3.05) is 5.32 Å². The molecule has 0 unspecified atom stereocenters. The minimum atomic E-state index is -4.68. The molecule has 0 aliphatic rings. The molecular formula is C13H10ClF4N3. The van der Waals surface area contributed by atoms with Gasteiger partial charge in [0.2, 0.25) is 0 Å². The monoisotopic (exact) mass is 319 g/mol. The Bertz CT molecular complexity index is 658. The number of hydrogen-bond donors (Lipinski definition) is 2. The molecule has 0 radical (unpaired) electrons. The average Bonchev–Trinajstić information content (AvgIpc) is 2.40. The molecule has 1 heterocycles. The molecule has 0 saturated heterocycles. The molecule has 0 spiro atoms. The van der Waals surface area contributed by atoms with E-state index in [1.54, 1.807) is 0 Å². The van der Waals surface area contributed by atoms with Crippen molar-refractivity contribution in [2.45, 2.75) is 12.7 Å². The molecule has 0 amide bonds. The molecule has 8 heteroatoms. The number of benzene rings is 1. The van der Waals surface area contributed by atoms with Crippen molar-refractivity contribution in [1.29, 1.82) is 0 Å². The van der Waals surface area contributed by atoms with E-state index in [2.05, 4.69) is 10.3 Å². The van der Waals surface area contributed by atoms with Crippen LogP contribution in [-0.2, 0) is 12.7 Å². The number of nitrogens with zero attached hydrogens (tertiary/aromatic N) is 1. The molecule has 0 aliphatic heterocycles.